The van der Waals surface area contributed by atoms with Crippen LogP contribution in [0, 0.1) is 24.0 Å². The van der Waals surface area contributed by atoms with E-state index in [0.29, 0.717) is 55.9 Å². The van der Waals surface area contributed by atoms with Gasteiger partial charge in [0.25, 0.3) is 0 Å². The lowest BCUT2D eigenvalue weighted by atomic mass is 9.95. The van der Waals surface area contributed by atoms with Crippen LogP contribution in [0.15, 0.2) is 42.1 Å². The van der Waals surface area contributed by atoms with Crippen LogP contribution in [0.5, 0.6) is 11.8 Å². The Morgan fingerprint density at radius 3 is 2.93 bits per heavy atom. The fourth-order valence-corrected chi connectivity index (χ4v) is 7.02. The van der Waals surface area contributed by atoms with Crippen molar-refractivity contribution in [1.82, 2.24) is 19.9 Å². The first-order chi connectivity index (χ1) is 21.8. The van der Waals surface area contributed by atoms with Gasteiger partial charge in [0.05, 0.1) is 29.7 Å². The highest BCUT2D eigenvalue weighted by atomic mass is 19.1. The summed E-state index contributed by atoms with van der Waals surface area (Å²) >= 11 is 0. The van der Waals surface area contributed by atoms with Gasteiger partial charge >= 0.3 is 6.01 Å². The average molecular weight is 616 g/mol. The number of hydrogen-bond acceptors (Lipinski definition) is 8. The SMILES string of the molecule is C#Cc1c(F)ccc2cc(O)cc(-c3ncc4c(N5CCOC/C(=C/C)C5)nc(OC[C@@]56CCCN5C[C@H](F)C6)nc4c3F)c12. The number of aromatic hydroxyl groups is 1. The number of aromatic nitrogens is 3. The number of hydrogen-bond donors (Lipinski definition) is 1. The van der Waals surface area contributed by atoms with Crippen molar-refractivity contribution in [3.63, 3.8) is 0 Å². The molecular formula is C34H32F3N5O3. The molecule has 3 saturated heterocycles. The zero-order chi connectivity index (χ0) is 31.3. The van der Waals surface area contributed by atoms with Crippen molar-refractivity contribution in [3.05, 3.63) is 59.3 Å². The number of phenols is 1. The molecule has 7 rings (SSSR count). The van der Waals surface area contributed by atoms with Crippen molar-refractivity contribution >= 4 is 27.5 Å². The smallest absolute Gasteiger partial charge is 0.319 e. The summed E-state index contributed by atoms with van der Waals surface area (Å²) in [7, 11) is 0. The summed E-state index contributed by atoms with van der Waals surface area (Å²) in [6.45, 7) is 5.15. The predicted molar refractivity (Wildman–Crippen MR) is 165 cm³/mol. The molecule has 5 heterocycles. The van der Waals surface area contributed by atoms with Crippen molar-refractivity contribution in [2.24, 2.45) is 0 Å². The van der Waals surface area contributed by atoms with Crippen LogP contribution in [-0.4, -0.2) is 82.7 Å². The highest BCUT2D eigenvalue weighted by molar-refractivity contribution is 6.03. The van der Waals surface area contributed by atoms with E-state index in [9.17, 15) is 13.9 Å². The molecule has 4 aromatic rings. The van der Waals surface area contributed by atoms with Gasteiger partial charge in [0, 0.05) is 43.2 Å². The molecule has 0 amide bonds. The van der Waals surface area contributed by atoms with Crippen molar-refractivity contribution < 1.29 is 27.8 Å². The summed E-state index contributed by atoms with van der Waals surface area (Å²) in [5, 5.41) is 11.5. The minimum atomic E-state index is -0.931. The fourth-order valence-electron chi connectivity index (χ4n) is 7.02. The largest absolute Gasteiger partial charge is 0.508 e. The van der Waals surface area contributed by atoms with Crippen LogP contribution in [0.1, 0.15) is 31.7 Å². The highest BCUT2D eigenvalue weighted by Crippen LogP contribution is 2.41. The number of fused-ring (bicyclic) bond motifs is 3. The second-order valence-corrected chi connectivity index (χ2v) is 12.0. The summed E-state index contributed by atoms with van der Waals surface area (Å²) in [6, 6.07) is 5.38. The van der Waals surface area contributed by atoms with E-state index in [2.05, 4.69) is 20.8 Å². The van der Waals surface area contributed by atoms with Gasteiger partial charge in [0.15, 0.2) is 5.82 Å². The summed E-state index contributed by atoms with van der Waals surface area (Å²) in [4.78, 5) is 17.8. The van der Waals surface area contributed by atoms with Crippen molar-refractivity contribution in [2.45, 2.75) is 37.9 Å². The van der Waals surface area contributed by atoms with Gasteiger partial charge in [-0.15, -0.1) is 6.42 Å². The maximum Gasteiger partial charge on any atom is 0.319 e. The summed E-state index contributed by atoms with van der Waals surface area (Å²) in [5.74, 6) is 1.17. The summed E-state index contributed by atoms with van der Waals surface area (Å²) < 4.78 is 58.0. The van der Waals surface area contributed by atoms with E-state index in [1.54, 1.807) is 0 Å². The molecule has 11 heteroatoms. The van der Waals surface area contributed by atoms with Crippen LogP contribution in [0.25, 0.3) is 32.9 Å². The number of nitrogens with zero attached hydrogens (tertiary/aromatic N) is 5. The number of rotatable bonds is 5. The Hall–Kier alpha value is -4.40. The molecule has 0 saturated carbocycles. The molecule has 2 aromatic heterocycles. The first-order valence-corrected chi connectivity index (χ1v) is 15.1. The first kappa shape index (κ1) is 29.3. The zero-order valence-corrected chi connectivity index (χ0v) is 24.8. The first-order valence-electron chi connectivity index (χ1n) is 15.1. The number of phenolic OH excluding ortho intramolecular Hbond substituents is 1. The quantitative estimate of drug-likeness (QED) is 0.231. The molecule has 3 fully saturated rings. The second-order valence-electron chi connectivity index (χ2n) is 12.0. The number of halogens is 3. The minimum Gasteiger partial charge on any atom is -0.508 e. The Balaban J connectivity index is 1.39. The van der Waals surface area contributed by atoms with Crippen LogP contribution in [0.3, 0.4) is 0 Å². The van der Waals surface area contributed by atoms with E-state index < -0.39 is 23.3 Å². The average Bonchev–Trinajstić information content (AvgIpc) is 3.44. The monoisotopic (exact) mass is 615 g/mol. The molecular weight excluding hydrogens is 583 g/mol. The van der Waals surface area contributed by atoms with Gasteiger partial charge in [-0.1, -0.05) is 18.1 Å². The van der Waals surface area contributed by atoms with Gasteiger partial charge in [-0.25, -0.2) is 13.2 Å². The van der Waals surface area contributed by atoms with Gasteiger partial charge in [0.1, 0.15) is 41.4 Å². The molecule has 2 atom stereocenters. The minimum absolute atomic E-state index is 0.0413. The van der Waals surface area contributed by atoms with Crippen molar-refractivity contribution in [1.29, 1.82) is 0 Å². The van der Waals surface area contributed by atoms with Gasteiger partial charge < -0.3 is 19.5 Å². The van der Waals surface area contributed by atoms with Crippen LogP contribution in [0.2, 0.25) is 0 Å². The molecule has 0 bridgehead atoms. The lowest BCUT2D eigenvalue weighted by molar-refractivity contribution is 0.107. The van der Waals surface area contributed by atoms with E-state index in [1.165, 1.54) is 30.5 Å². The zero-order valence-electron chi connectivity index (χ0n) is 24.8. The number of allylic oxidation sites excluding steroid dienone is 1. The lowest BCUT2D eigenvalue weighted by Gasteiger charge is -2.31. The van der Waals surface area contributed by atoms with Crippen LogP contribution in [0.4, 0.5) is 19.0 Å². The molecule has 1 N–H and O–H groups in total. The number of benzene rings is 2. The lowest BCUT2D eigenvalue weighted by Crippen LogP contribution is -2.43. The third-order valence-corrected chi connectivity index (χ3v) is 9.22. The maximum absolute atomic E-state index is 16.8. The van der Waals surface area contributed by atoms with Crippen LogP contribution < -0.4 is 9.64 Å². The number of terminal acetylenes is 1. The number of alkyl halides is 1. The van der Waals surface area contributed by atoms with Gasteiger partial charge in [-0.05, 0) is 55.5 Å². The molecule has 232 valence electrons. The maximum atomic E-state index is 16.8. The standard InChI is InChI=1S/C34H32F3N5O3/c1-3-20-16-41(10-11-44-18-20)32-26-15-38-30(25-13-23(43)12-21-6-7-27(36)24(4-2)28(21)25)29(37)31(26)39-33(40-32)45-19-34-8-5-9-42(34)17-22(35)14-34/h2-3,6-7,12-13,15,22,43H,5,8-11,14,16-19H2,1H3/b20-3+/t22-,34+/m1/s1. The van der Waals surface area contributed by atoms with Crippen LogP contribution in [-0.2, 0) is 4.74 Å². The Kier molecular flexibility index (Phi) is 7.50. The Morgan fingerprint density at radius 1 is 1.24 bits per heavy atom. The molecule has 3 aliphatic rings. The fraction of sp³-hybridized carbons (Fsp3) is 0.382. The Labute approximate surface area is 258 Å². The molecule has 0 aliphatic carbocycles. The molecule has 0 radical (unpaired) electrons. The van der Waals surface area contributed by atoms with Crippen LogP contribution >= 0.6 is 0 Å². The normalized spacial score (nSPS) is 23.0. The van der Waals surface area contributed by atoms with Gasteiger partial charge in [-0.3, -0.25) is 9.88 Å². The van der Waals surface area contributed by atoms with E-state index in [0.717, 1.165) is 25.0 Å². The third kappa shape index (κ3) is 5.12. The van der Waals surface area contributed by atoms with E-state index in [-0.39, 0.29) is 46.1 Å². The van der Waals surface area contributed by atoms with Gasteiger partial charge in [-0.2, -0.15) is 9.97 Å². The highest BCUT2D eigenvalue weighted by Gasteiger charge is 2.49. The Morgan fingerprint density at radius 2 is 2.11 bits per heavy atom. The molecule has 0 unspecified atom stereocenters. The molecule has 8 nitrogen and oxygen atoms in total. The van der Waals surface area contributed by atoms with Gasteiger partial charge in [0.2, 0.25) is 0 Å². The molecule has 3 aliphatic heterocycles. The Bertz CT molecular complexity index is 1890. The third-order valence-electron chi connectivity index (χ3n) is 9.22. The molecule has 2 aromatic carbocycles. The number of pyridine rings is 1. The molecule has 45 heavy (non-hydrogen) atoms. The molecule has 0 spiro atoms. The van der Waals surface area contributed by atoms with Crippen molar-refractivity contribution in [3.8, 4) is 35.4 Å². The summed E-state index contributed by atoms with van der Waals surface area (Å²) in [6.07, 6.45) is 10.3. The van der Waals surface area contributed by atoms with E-state index in [1.807, 2.05) is 17.9 Å². The summed E-state index contributed by atoms with van der Waals surface area (Å²) in [5.41, 5.74) is 0.415. The number of ether oxygens (including phenoxy) is 2. The number of anilines is 1. The van der Waals surface area contributed by atoms with E-state index in [4.69, 9.17) is 20.9 Å². The topological polar surface area (TPSA) is 83.8 Å². The predicted octanol–water partition coefficient (Wildman–Crippen LogP) is 5.55. The van der Waals surface area contributed by atoms with E-state index >= 15 is 4.39 Å². The van der Waals surface area contributed by atoms with Crippen molar-refractivity contribution in [2.75, 3.05) is 50.9 Å². The second kappa shape index (κ2) is 11.5.